The fraction of sp³-hybridized carbons (Fsp3) is 0. The minimum atomic E-state index is 1.02. The minimum Gasteiger partial charge on any atom is -0.251 e. The van der Waals surface area contributed by atoms with Gasteiger partial charge in [-0.25, -0.2) is 4.98 Å². The SMILES string of the molecule is [B]1C=Cc2cncnc21. The van der Waals surface area contributed by atoms with Crippen molar-refractivity contribution in [2.24, 2.45) is 0 Å². The van der Waals surface area contributed by atoms with Gasteiger partial charge in [0.25, 0.3) is 0 Å². The molecule has 0 bridgehead atoms. The second-order valence-corrected chi connectivity index (χ2v) is 1.89. The highest BCUT2D eigenvalue weighted by molar-refractivity contribution is 6.61. The Morgan fingerprint density at radius 2 is 2.44 bits per heavy atom. The van der Waals surface area contributed by atoms with Gasteiger partial charge in [0.1, 0.15) is 6.33 Å². The van der Waals surface area contributed by atoms with E-state index in [0.717, 1.165) is 11.2 Å². The van der Waals surface area contributed by atoms with Crippen LogP contribution in [-0.4, -0.2) is 17.2 Å². The van der Waals surface area contributed by atoms with Crippen LogP contribution in [0.5, 0.6) is 0 Å². The van der Waals surface area contributed by atoms with E-state index in [1.807, 2.05) is 25.5 Å². The van der Waals surface area contributed by atoms with E-state index in [-0.39, 0.29) is 0 Å². The zero-order chi connectivity index (χ0) is 6.10. The molecule has 2 heterocycles. The van der Waals surface area contributed by atoms with Crippen LogP contribution in [0.3, 0.4) is 0 Å². The second-order valence-electron chi connectivity index (χ2n) is 1.89. The third-order valence-corrected chi connectivity index (χ3v) is 1.30. The Labute approximate surface area is 53.9 Å². The summed E-state index contributed by atoms with van der Waals surface area (Å²) in [4.78, 5) is 7.90. The fourth-order valence-corrected chi connectivity index (χ4v) is 0.860. The summed E-state index contributed by atoms with van der Waals surface area (Å²) in [6, 6.07) is 0. The maximum absolute atomic E-state index is 4.03. The number of aromatic nitrogens is 2. The molecule has 1 aliphatic rings. The van der Waals surface area contributed by atoms with E-state index in [2.05, 4.69) is 9.97 Å². The maximum atomic E-state index is 4.03. The van der Waals surface area contributed by atoms with Gasteiger partial charge >= 0.3 is 0 Å². The molecule has 1 radical (unpaired) electrons. The molecule has 41 valence electrons. The first-order chi connectivity index (χ1) is 4.47. The highest BCUT2D eigenvalue weighted by Gasteiger charge is 2.04. The largest absolute Gasteiger partial charge is 0.251 e. The predicted molar refractivity (Wildman–Crippen MR) is 36.5 cm³/mol. The average molecular weight is 115 g/mol. The summed E-state index contributed by atoms with van der Waals surface area (Å²) in [7, 11) is 1.97. The Bertz CT molecular complexity index is 257. The van der Waals surface area contributed by atoms with E-state index >= 15 is 0 Å². The molecule has 0 atom stereocenters. The molecule has 3 heteroatoms. The number of hydrogen-bond acceptors (Lipinski definition) is 2. The van der Waals surface area contributed by atoms with E-state index in [1.165, 1.54) is 0 Å². The van der Waals surface area contributed by atoms with Crippen molar-refractivity contribution in [3.63, 3.8) is 0 Å². The third-order valence-electron chi connectivity index (χ3n) is 1.30. The average Bonchev–Trinajstić information content (AvgIpc) is 2.33. The van der Waals surface area contributed by atoms with E-state index in [9.17, 15) is 0 Å². The van der Waals surface area contributed by atoms with Crippen LogP contribution in [0.25, 0.3) is 6.08 Å². The van der Waals surface area contributed by atoms with Crippen molar-refractivity contribution in [2.75, 3.05) is 0 Å². The Morgan fingerprint density at radius 3 is 3.33 bits per heavy atom. The molecule has 0 saturated carbocycles. The molecule has 9 heavy (non-hydrogen) atoms. The topological polar surface area (TPSA) is 25.8 Å². The summed E-state index contributed by atoms with van der Waals surface area (Å²) >= 11 is 0. The first-order valence-corrected chi connectivity index (χ1v) is 2.78. The molecule has 0 aromatic carbocycles. The standard InChI is InChI=1S/C6H4BN2/c1-2-7-6-5(1)3-8-4-9-6/h1-4H. The van der Waals surface area contributed by atoms with Crippen molar-refractivity contribution in [1.29, 1.82) is 0 Å². The lowest BCUT2D eigenvalue weighted by atomic mass is 9.78. The molecule has 0 amide bonds. The van der Waals surface area contributed by atoms with E-state index < -0.39 is 0 Å². The van der Waals surface area contributed by atoms with Crippen LogP contribution in [0.4, 0.5) is 0 Å². The Morgan fingerprint density at radius 1 is 1.44 bits per heavy atom. The number of nitrogens with zero attached hydrogens (tertiary/aromatic N) is 2. The van der Waals surface area contributed by atoms with Gasteiger partial charge in [-0.2, -0.15) is 0 Å². The summed E-state index contributed by atoms with van der Waals surface area (Å²) in [6.07, 6.45) is 5.36. The lowest BCUT2D eigenvalue weighted by Gasteiger charge is -1.91. The smallest absolute Gasteiger partial charge is 0.208 e. The van der Waals surface area contributed by atoms with Gasteiger partial charge in [0.05, 0.1) is 0 Å². The molecule has 0 unspecified atom stereocenters. The highest BCUT2D eigenvalue weighted by Crippen LogP contribution is 1.98. The molecule has 1 aromatic rings. The second kappa shape index (κ2) is 1.69. The fourth-order valence-electron chi connectivity index (χ4n) is 0.860. The quantitative estimate of drug-likeness (QED) is 0.437. The van der Waals surface area contributed by atoms with Crippen LogP contribution in [0.15, 0.2) is 18.5 Å². The van der Waals surface area contributed by atoms with E-state index in [4.69, 9.17) is 0 Å². The number of rotatable bonds is 0. The molecule has 1 aliphatic heterocycles. The molecule has 0 fully saturated rings. The van der Waals surface area contributed by atoms with Crippen molar-refractivity contribution < 1.29 is 0 Å². The van der Waals surface area contributed by atoms with Crippen LogP contribution in [-0.2, 0) is 0 Å². The summed E-state index contributed by atoms with van der Waals surface area (Å²) in [6.45, 7) is 0. The van der Waals surface area contributed by atoms with Crippen molar-refractivity contribution >= 4 is 18.9 Å². The Hall–Kier alpha value is -1.12. The highest BCUT2D eigenvalue weighted by atomic mass is 14.8. The van der Waals surface area contributed by atoms with Gasteiger partial charge in [0.2, 0.25) is 7.28 Å². The predicted octanol–water partition coefficient (Wildman–Crippen LogP) is -0.210. The van der Waals surface area contributed by atoms with Gasteiger partial charge in [-0.1, -0.05) is 6.08 Å². The zero-order valence-electron chi connectivity index (χ0n) is 4.78. The van der Waals surface area contributed by atoms with Crippen molar-refractivity contribution in [2.45, 2.75) is 0 Å². The minimum absolute atomic E-state index is 1.02. The molecule has 2 nitrogen and oxygen atoms in total. The normalized spacial score (nSPS) is 12.9. The summed E-state index contributed by atoms with van der Waals surface area (Å²) < 4.78 is 0. The van der Waals surface area contributed by atoms with Crippen LogP contribution in [0.2, 0.25) is 0 Å². The first-order valence-electron chi connectivity index (χ1n) is 2.78. The van der Waals surface area contributed by atoms with Gasteiger partial charge < -0.3 is 0 Å². The molecular weight excluding hydrogens is 111 g/mol. The molecule has 0 aliphatic carbocycles. The van der Waals surface area contributed by atoms with Crippen LogP contribution in [0.1, 0.15) is 5.56 Å². The molecule has 0 N–H and O–H groups in total. The van der Waals surface area contributed by atoms with E-state index in [1.54, 1.807) is 6.33 Å². The van der Waals surface area contributed by atoms with Crippen LogP contribution < -0.4 is 5.59 Å². The van der Waals surface area contributed by atoms with Crippen molar-refractivity contribution in [3.8, 4) is 0 Å². The first kappa shape index (κ1) is 4.73. The van der Waals surface area contributed by atoms with E-state index in [0.29, 0.717) is 0 Å². The number of fused-ring (bicyclic) bond motifs is 1. The van der Waals surface area contributed by atoms with Crippen molar-refractivity contribution in [3.05, 3.63) is 24.1 Å². The van der Waals surface area contributed by atoms with Crippen LogP contribution in [0, 0.1) is 0 Å². The Kier molecular flexibility index (Phi) is 0.888. The van der Waals surface area contributed by atoms with Crippen molar-refractivity contribution in [1.82, 2.24) is 9.97 Å². The summed E-state index contributed by atoms with van der Waals surface area (Å²) in [5, 5.41) is 0. The lowest BCUT2D eigenvalue weighted by Crippen LogP contribution is -2.15. The third kappa shape index (κ3) is 0.651. The van der Waals surface area contributed by atoms with Gasteiger partial charge in [-0.15, -0.1) is 5.98 Å². The maximum Gasteiger partial charge on any atom is 0.208 e. The molecule has 0 saturated heterocycles. The molecule has 2 rings (SSSR count). The monoisotopic (exact) mass is 115 g/mol. The molecular formula is C6H4BN2. The number of hydrogen-bond donors (Lipinski definition) is 0. The van der Waals surface area contributed by atoms with Gasteiger partial charge in [0.15, 0.2) is 0 Å². The molecule has 1 aromatic heterocycles. The lowest BCUT2D eigenvalue weighted by molar-refractivity contribution is 1.19. The Balaban J connectivity index is 2.63. The van der Waals surface area contributed by atoms with Gasteiger partial charge in [-0.05, 0) is 0 Å². The van der Waals surface area contributed by atoms with Gasteiger partial charge in [0, 0.05) is 17.4 Å². The van der Waals surface area contributed by atoms with Gasteiger partial charge in [-0.3, -0.25) is 4.98 Å². The van der Waals surface area contributed by atoms with Crippen LogP contribution >= 0.6 is 0 Å². The summed E-state index contributed by atoms with van der Waals surface area (Å²) in [5.74, 6) is 1.97. The molecule has 0 spiro atoms. The zero-order valence-corrected chi connectivity index (χ0v) is 4.78. The summed E-state index contributed by atoms with van der Waals surface area (Å²) in [5.41, 5.74) is 2.13.